The van der Waals surface area contributed by atoms with Crippen molar-refractivity contribution in [2.75, 3.05) is 13.1 Å². The van der Waals surface area contributed by atoms with Crippen molar-refractivity contribution in [3.8, 4) is 0 Å². The van der Waals surface area contributed by atoms with Gasteiger partial charge in [-0.2, -0.15) is 0 Å². The molecule has 1 aliphatic rings. The molecule has 2 rings (SSSR count). The van der Waals surface area contributed by atoms with Gasteiger partial charge in [0.25, 0.3) is 5.56 Å². The number of hydrogen-bond acceptors (Lipinski definition) is 5. The van der Waals surface area contributed by atoms with Gasteiger partial charge in [0, 0.05) is 45.5 Å². The van der Waals surface area contributed by atoms with Gasteiger partial charge in [-0.1, -0.05) is 0 Å². The third-order valence-corrected chi connectivity index (χ3v) is 3.35. The second-order valence-corrected chi connectivity index (χ2v) is 4.70. The molecule has 2 heterocycles. The Kier molecular flexibility index (Phi) is 3.38. The summed E-state index contributed by atoms with van der Waals surface area (Å²) in [5, 5.41) is 18.9. The molecule has 0 amide bonds. The number of likely N-dealkylation sites (tertiary alicyclic amines) is 1. The lowest BCUT2D eigenvalue weighted by Crippen LogP contribution is -2.39. The molecule has 0 spiro atoms. The maximum absolute atomic E-state index is 11.7. The Labute approximate surface area is 104 Å². The highest BCUT2D eigenvalue weighted by Crippen LogP contribution is 2.12. The van der Waals surface area contributed by atoms with Crippen LogP contribution in [0.1, 0.15) is 5.69 Å². The maximum Gasteiger partial charge on any atom is 0.330 e. The van der Waals surface area contributed by atoms with Gasteiger partial charge in [0.05, 0.1) is 12.2 Å². The molecule has 18 heavy (non-hydrogen) atoms. The zero-order chi connectivity index (χ0) is 13.4. The van der Waals surface area contributed by atoms with Gasteiger partial charge in [0.2, 0.25) is 0 Å². The molecule has 100 valence electrons. The third kappa shape index (κ3) is 2.24. The Morgan fingerprint density at radius 2 is 1.72 bits per heavy atom. The second-order valence-electron chi connectivity index (χ2n) is 4.70. The highest BCUT2D eigenvalue weighted by Gasteiger charge is 2.29. The number of β-amino-alcohol motifs (C(OH)–C–C–N with tert-alkyl or cyclic N) is 2. The SMILES string of the molecule is Cn1c(CN2CC(O)C(O)C2)cc(=O)n(C)c1=O. The standard InChI is InChI=1S/C11H17N3O4/c1-12-7(3-10(17)13(2)11(12)18)4-14-5-8(15)9(16)6-14/h3,8-9,15-16H,4-6H2,1-2H3. The minimum atomic E-state index is -0.770. The van der Waals surface area contributed by atoms with E-state index in [4.69, 9.17) is 0 Å². The molecule has 2 N–H and O–H groups in total. The van der Waals surface area contributed by atoms with Crippen LogP contribution in [-0.4, -0.2) is 49.5 Å². The monoisotopic (exact) mass is 255 g/mol. The molecule has 1 aromatic heterocycles. The number of nitrogens with zero attached hydrogens (tertiary/aromatic N) is 3. The van der Waals surface area contributed by atoms with Crippen molar-refractivity contribution in [3.63, 3.8) is 0 Å². The smallest absolute Gasteiger partial charge is 0.330 e. The van der Waals surface area contributed by atoms with Crippen molar-refractivity contribution in [2.45, 2.75) is 18.8 Å². The summed E-state index contributed by atoms with van der Waals surface area (Å²) in [6.45, 7) is 1.03. The fourth-order valence-electron chi connectivity index (χ4n) is 2.14. The summed E-state index contributed by atoms with van der Waals surface area (Å²) in [5.41, 5.74) is -0.157. The quantitative estimate of drug-likeness (QED) is 0.616. The van der Waals surface area contributed by atoms with E-state index in [9.17, 15) is 19.8 Å². The predicted molar refractivity (Wildman–Crippen MR) is 64.2 cm³/mol. The van der Waals surface area contributed by atoms with Crippen LogP contribution in [-0.2, 0) is 20.6 Å². The Hall–Kier alpha value is -1.44. The van der Waals surface area contributed by atoms with E-state index in [1.807, 2.05) is 4.90 Å². The summed E-state index contributed by atoms with van der Waals surface area (Å²) in [5.74, 6) is 0. The zero-order valence-corrected chi connectivity index (χ0v) is 10.4. The Balaban J connectivity index is 2.26. The van der Waals surface area contributed by atoms with Crippen LogP contribution in [0.5, 0.6) is 0 Å². The average molecular weight is 255 g/mol. The molecular weight excluding hydrogens is 238 g/mol. The number of rotatable bonds is 2. The predicted octanol–water partition coefficient (Wildman–Crippen LogP) is -2.38. The van der Waals surface area contributed by atoms with Crippen LogP contribution in [0.3, 0.4) is 0 Å². The van der Waals surface area contributed by atoms with Crippen molar-refractivity contribution in [3.05, 3.63) is 32.6 Å². The fourth-order valence-corrected chi connectivity index (χ4v) is 2.14. The van der Waals surface area contributed by atoms with E-state index in [1.54, 1.807) is 7.05 Å². The van der Waals surface area contributed by atoms with Gasteiger partial charge in [-0.05, 0) is 0 Å². The van der Waals surface area contributed by atoms with Crippen molar-refractivity contribution in [1.29, 1.82) is 0 Å². The lowest BCUT2D eigenvalue weighted by atomic mass is 10.3. The van der Waals surface area contributed by atoms with E-state index in [-0.39, 0.29) is 11.2 Å². The summed E-state index contributed by atoms with van der Waals surface area (Å²) >= 11 is 0. The van der Waals surface area contributed by atoms with Crippen LogP contribution in [0.4, 0.5) is 0 Å². The van der Waals surface area contributed by atoms with Crippen molar-refractivity contribution >= 4 is 0 Å². The van der Waals surface area contributed by atoms with Gasteiger partial charge in [0.15, 0.2) is 0 Å². The highest BCUT2D eigenvalue weighted by atomic mass is 16.3. The Bertz CT molecular complexity index is 552. The van der Waals surface area contributed by atoms with E-state index in [2.05, 4.69) is 0 Å². The maximum atomic E-state index is 11.7. The summed E-state index contributed by atoms with van der Waals surface area (Å²) in [6, 6.07) is 1.40. The third-order valence-electron chi connectivity index (χ3n) is 3.35. The van der Waals surface area contributed by atoms with Crippen LogP contribution >= 0.6 is 0 Å². The summed E-state index contributed by atoms with van der Waals surface area (Å²) in [7, 11) is 3.03. The molecule has 1 fully saturated rings. The zero-order valence-electron chi connectivity index (χ0n) is 10.4. The topological polar surface area (TPSA) is 87.7 Å². The van der Waals surface area contributed by atoms with Gasteiger partial charge in [-0.25, -0.2) is 4.79 Å². The fraction of sp³-hybridized carbons (Fsp3) is 0.636. The van der Waals surface area contributed by atoms with Gasteiger partial charge in [0.1, 0.15) is 0 Å². The van der Waals surface area contributed by atoms with E-state index in [1.165, 1.54) is 17.7 Å². The Morgan fingerprint density at radius 3 is 2.28 bits per heavy atom. The van der Waals surface area contributed by atoms with Crippen LogP contribution in [0.15, 0.2) is 15.7 Å². The summed E-state index contributed by atoms with van der Waals surface area (Å²) < 4.78 is 2.44. The molecule has 2 unspecified atom stereocenters. The molecule has 7 nitrogen and oxygen atoms in total. The first-order chi connectivity index (χ1) is 8.40. The van der Waals surface area contributed by atoms with E-state index < -0.39 is 12.2 Å². The molecule has 7 heteroatoms. The van der Waals surface area contributed by atoms with Crippen molar-refractivity contribution in [1.82, 2.24) is 14.0 Å². The Morgan fingerprint density at radius 1 is 1.17 bits per heavy atom. The minimum Gasteiger partial charge on any atom is -0.389 e. The van der Waals surface area contributed by atoms with E-state index in [0.29, 0.717) is 25.3 Å². The van der Waals surface area contributed by atoms with Crippen LogP contribution in [0.25, 0.3) is 0 Å². The van der Waals surface area contributed by atoms with Crippen LogP contribution < -0.4 is 11.2 Å². The summed E-state index contributed by atoms with van der Waals surface area (Å²) in [6.07, 6.45) is -1.54. The minimum absolute atomic E-state index is 0.338. The molecule has 0 aliphatic carbocycles. The molecule has 0 radical (unpaired) electrons. The number of aliphatic hydroxyl groups excluding tert-OH is 2. The average Bonchev–Trinajstić information content (AvgIpc) is 2.63. The van der Waals surface area contributed by atoms with Crippen molar-refractivity contribution < 1.29 is 10.2 Å². The number of aliphatic hydroxyl groups is 2. The van der Waals surface area contributed by atoms with Gasteiger partial charge in [-0.15, -0.1) is 0 Å². The molecule has 1 aromatic rings. The molecular formula is C11H17N3O4. The van der Waals surface area contributed by atoms with E-state index in [0.717, 1.165) is 4.57 Å². The van der Waals surface area contributed by atoms with Gasteiger partial charge < -0.3 is 10.2 Å². The number of aromatic nitrogens is 2. The highest BCUT2D eigenvalue weighted by molar-refractivity contribution is 5.03. The number of hydrogen-bond donors (Lipinski definition) is 2. The first-order valence-electron chi connectivity index (χ1n) is 5.74. The largest absolute Gasteiger partial charge is 0.389 e. The molecule has 0 bridgehead atoms. The molecule has 0 aromatic carbocycles. The molecule has 1 saturated heterocycles. The van der Waals surface area contributed by atoms with Crippen LogP contribution in [0, 0.1) is 0 Å². The van der Waals surface area contributed by atoms with Gasteiger partial charge >= 0.3 is 5.69 Å². The molecule has 1 aliphatic heterocycles. The van der Waals surface area contributed by atoms with Crippen LogP contribution in [0.2, 0.25) is 0 Å². The molecule has 2 atom stereocenters. The molecule has 0 saturated carbocycles. The normalized spacial score (nSPS) is 24.7. The van der Waals surface area contributed by atoms with E-state index >= 15 is 0 Å². The second kappa shape index (κ2) is 4.68. The lowest BCUT2D eigenvalue weighted by molar-refractivity contribution is 0.0572. The summed E-state index contributed by atoms with van der Waals surface area (Å²) in [4.78, 5) is 25.1. The van der Waals surface area contributed by atoms with Gasteiger partial charge in [-0.3, -0.25) is 18.8 Å². The first-order valence-corrected chi connectivity index (χ1v) is 5.74. The first kappa shape index (κ1) is 13.0. The lowest BCUT2D eigenvalue weighted by Gasteiger charge is -2.17. The van der Waals surface area contributed by atoms with Crippen molar-refractivity contribution in [2.24, 2.45) is 14.1 Å².